The predicted octanol–water partition coefficient (Wildman–Crippen LogP) is 1.05. The number of nitrogens with one attached hydrogen (secondary N) is 1. The molecule has 2 rings (SSSR count). The standard InChI is InChI=1S/C11H13FN2O5S/c12-9-2-1-3-10(11(9)14(15)16)20(17,18)13-6-8-4-5-19-7-8/h1-3,8,13H,4-7H2. The van der Waals surface area contributed by atoms with E-state index in [-0.39, 0.29) is 12.5 Å². The van der Waals surface area contributed by atoms with Gasteiger partial charge in [0.1, 0.15) is 0 Å². The predicted molar refractivity (Wildman–Crippen MR) is 67.2 cm³/mol. The first-order chi connectivity index (χ1) is 9.42. The summed E-state index contributed by atoms with van der Waals surface area (Å²) in [6.07, 6.45) is 0.716. The summed E-state index contributed by atoms with van der Waals surface area (Å²) in [6, 6.07) is 2.98. The van der Waals surface area contributed by atoms with Crippen LogP contribution in [0.3, 0.4) is 0 Å². The van der Waals surface area contributed by atoms with Crippen LogP contribution in [-0.4, -0.2) is 33.1 Å². The molecule has 1 N–H and O–H groups in total. The molecule has 1 aromatic carbocycles. The summed E-state index contributed by atoms with van der Waals surface area (Å²) in [7, 11) is -4.13. The normalized spacial score (nSPS) is 19.1. The molecule has 0 amide bonds. The fourth-order valence-electron chi connectivity index (χ4n) is 1.94. The average molecular weight is 304 g/mol. The number of para-hydroxylation sites is 1. The molecule has 0 bridgehead atoms. The van der Waals surface area contributed by atoms with E-state index in [1.807, 2.05) is 0 Å². The van der Waals surface area contributed by atoms with Crippen LogP contribution in [0.2, 0.25) is 0 Å². The Morgan fingerprint density at radius 1 is 1.50 bits per heavy atom. The van der Waals surface area contributed by atoms with Crippen molar-refractivity contribution in [2.75, 3.05) is 19.8 Å². The van der Waals surface area contributed by atoms with Gasteiger partial charge in [-0.05, 0) is 24.5 Å². The third-order valence-corrected chi connectivity index (χ3v) is 4.46. The van der Waals surface area contributed by atoms with Gasteiger partial charge >= 0.3 is 5.69 Å². The van der Waals surface area contributed by atoms with Crippen LogP contribution < -0.4 is 4.72 Å². The molecule has 1 aromatic rings. The molecule has 7 nitrogen and oxygen atoms in total. The van der Waals surface area contributed by atoms with E-state index in [0.717, 1.165) is 18.2 Å². The Balaban J connectivity index is 2.24. The molecular weight excluding hydrogens is 291 g/mol. The second kappa shape index (κ2) is 5.81. The maximum atomic E-state index is 13.4. The zero-order valence-electron chi connectivity index (χ0n) is 10.4. The number of halogens is 1. The number of sulfonamides is 1. The van der Waals surface area contributed by atoms with Crippen LogP contribution >= 0.6 is 0 Å². The summed E-state index contributed by atoms with van der Waals surface area (Å²) in [6.45, 7) is 1.11. The Morgan fingerprint density at radius 3 is 2.85 bits per heavy atom. The van der Waals surface area contributed by atoms with Crippen LogP contribution in [0.5, 0.6) is 0 Å². The van der Waals surface area contributed by atoms with E-state index in [1.54, 1.807) is 0 Å². The number of hydrogen-bond donors (Lipinski definition) is 1. The van der Waals surface area contributed by atoms with Gasteiger partial charge in [-0.1, -0.05) is 6.07 Å². The molecule has 110 valence electrons. The highest BCUT2D eigenvalue weighted by atomic mass is 32.2. The number of ether oxygens (including phenoxy) is 1. The molecular formula is C11H13FN2O5S. The molecule has 1 atom stereocenters. The summed E-state index contributed by atoms with van der Waals surface area (Å²) in [4.78, 5) is 9.10. The zero-order valence-corrected chi connectivity index (χ0v) is 11.2. The van der Waals surface area contributed by atoms with E-state index >= 15 is 0 Å². The van der Waals surface area contributed by atoms with Gasteiger partial charge in [0.2, 0.25) is 15.8 Å². The van der Waals surface area contributed by atoms with Crippen LogP contribution in [0.25, 0.3) is 0 Å². The van der Waals surface area contributed by atoms with E-state index in [9.17, 15) is 22.9 Å². The molecule has 0 saturated carbocycles. The largest absolute Gasteiger partial charge is 0.381 e. The van der Waals surface area contributed by atoms with E-state index in [1.165, 1.54) is 0 Å². The van der Waals surface area contributed by atoms with Crippen LogP contribution in [0, 0.1) is 21.8 Å². The molecule has 9 heteroatoms. The first-order valence-electron chi connectivity index (χ1n) is 5.92. The minimum Gasteiger partial charge on any atom is -0.381 e. The highest BCUT2D eigenvalue weighted by Crippen LogP contribution is 2.26. The van der Waals surface area contributed by atoms with Gasteiger partial charge in [0, 0.05) is 13.2 Å². The van der Waals surface area contributed by atoms with Crippen LogP contribution in [0.15, 0.2) is 23.1 Å². The van der Waals surface area contributed by atoms with Gasteiger partial charge < -0.3 is 4.74 Å². The van der Waals surface area contributed by atoms with Gasteiger partial charge in [-0.3, -0.25) is 10.1 Å². The minimum absolute atomic E-state index is 0.0254. The molecule has 1 heterocycles. The van der Waals surface area contributed by atoms with Crippen molar-refractivity contribution in [3.05, 3.63) is 34.1 Å². The van der Waals surface area contributed by atoms with Crippen molar-refractivity contribution in [2.24, 2.45) is 5.92 Å². The SMILES string of the molecule is O=[N+]([O-])c1c(F)cccc1S(=O)(=O)NCC1CCOC1. The second-order valence-corrected chi connectivity index (χ2v) is 6.16. The van der Waals surface area contributed by atoms with Crippen molar-refractivity contribution in [3.8, 4) is 0 Å². The fourth-order valence-corrected chi connectivity index (χ4v) is 3.23. The first kappa shape index (κ1) is 14.8. The Bertz CT molecular complexity index is 613. The minimum atomic E-state index is -4.13. The van der Waals surface area contributed by atoms with Crippen molar-refractivity contribution in [3.63, 3.8) is 0 Å². The van der Waals surface area contributed by atoms with Crippen LogP contribution in [0.4, 0.5) is 10.1 Å². The van der Waals surface area contributed by atoms with E-state index < -0.39 is 31.3 Å². The molecule has 1 unspecified atom stereocenters. The number of hydrogen-bond acceptors (Lipinski definition) is 5. The zero-order chi connectivity index (χ0) is 14.8. The molecule has 0 aliphatic carbocycles. The Labute approximate surface area is 114 Å². The van der Waals surface area contributed by atoms with Gasteiger partial charge in [-0.25, -0.2) is 13.1 Å². The third-order valence-electron chi connectivity index (χ3n) is 3.01. The number of nitro benzene ring substituents is 1. The molecule has 1 saturated heterocycles. The van der Waals surface area contributed by atoms with Gasteiger partial charge in [0.25, 0.3) is 0 Å². The van der Waals surface area contributed by atoms with E-state index in [4.69, 9.17) is 4.74 Å². The first-order valence-corrected chi connectivity index (χ1v) is 7.40. The average Bonchev–Trinajstić information content (AvgIpc) is 2.89. The highest BCUT2D eigenvalue weighted by molar-refractivity contribution is 7.89. The summed E-state index contributed by atoms with van der Waals surface area (Å²) in [5, 5.41) is 10.8. The lowest BCUT2D eigenvalue weighted by Gasteiger charge is -2.10. The van der Waals surface area contributed by atoms with E-state index in [2.05, 4.69) is 4.72 Å². The highest BCUT2D eigenvalue weighted by Gasteiger charge is 2.30. The lowest BCUT2D eigenvalue weighted by atomic mass is 10.1. The molecule has 0 radical (unpaired) electrons. The summed E-state index contributed by atoms with van der Waals surface area (Å²) >= 11 is 0. The lowest BCUT2D eigenvalue weighted by Crippen LogP contribution is -2.30. The van der Waals surface area contributed by atoms with Crippen molar-refractivity contribution in [2.45, 2.75) is 11.3 Å². The monoisotopic (exact) mass is 304 g/mol. The molecule has 1 aliphatic rings. The quantitative estimate of drug-likeness (QED) is 0.647. The smallest absolute Gasteiger partial charge is 0.324 e. The van der Waals surface area contributed by atoms with E-state index in [0.29, 0.717) is 19.6 Å². The van der Waals surface area contributed by atoms with Crippen LogP contribution in [-0.2, 0) is 14.8 Å². The summed E-state index contributed by atoms with van der Waals surface area (Å²) < 4.78 is 44.9. The molecule has 0 spiro atoms. The molecule has 1 fully saturated rings. The van der Waals surface area contributed by atoms with Gasteiger partial charge in [0.05, 0.1) is 11.5 Å². The maximum Gasteiger partial charge on any atom is 0.324 e. The number of nitrogens with zero attached hydrogens (tertiary/aromatic N) is 1. The second-order valence-electron chi connectivity index (χ2n) is 4.43. The fraction of sp³-hybridized carbons (Fsp3) is 0.455. The summed E-state index contributed by atoms with van der Waals surface area (Å²) in [5.74, 6) is -1.15. The van der Waals surface area contributed by atoms with Crippen molar-refractivity contribution >= 4 is 15.7 Å². The lowest BCUT2D eigenvalue weighted by molar-refractivity contribution is -0.390. The topological polar surface area (TPSA) is 98.5 Å². The Hall–Kier alpha value is -1.58. The third kappa shape index (κ3) is 3.11. The van der Waals surface area contributed by atoms with Gasteiger partial charge in [-0.15, -0.1) is 0 Å². The molecule has 1 aliphatic heterocycles. The Kier molecular flexibility index (Phi) is 4.31. The molecule has 0 aromatic heterocycles. The van der Waals surface area contributed by atoms with Crippen molar-refractivity contribution < 1.29 is 22.5 Å². The molecule has 20 heavy (non-hydrogen) atoms. The van der Waals surface area contributed by atoms with Gasteiger partial charge in [-0.2, -0.15) is 4.39 Å². The van der Waals surface area contributed by atoms with Crippen molar-refractivity contribution in [1.29, 1.82) is 0 Å². The summed E-state index contributed by atoms with van der Waals surface area (Å²) in [5.41, 5.74) is -1.04. The van der Waals surface area contributed by atoms with Gasteiger partial charge in [0.15, 0.2) is 4.90 Å². The number of nitro groups is 1. The number of rotatable bonds is 5. The van der Waals surface area contributed by atoms with Crippen LogP contribution in [0.1, 0.15) is 6.42 Å². The van der Waals surface area contributed by atoms with Crippen molar-refractivity contribution in [1.82, 2.24) is 4.72 Å². The maximum absolute atomic E-state index is 13.4. The Morgan fingerprint density at radius 2 is 2.25 bits per heavy atom. The number of benzene rings is 1.